The van der Waals surface area contributed by atoms with Gasteiger partial charge in [0.25, 0.3) is 0 Å². The van der Waals surface area contributed by atoms with Gasteiger partial charge in [-0.15, -0.1) is 0 Å². The molecule has 0 aromatic carbocycles. The second-order valence-corrected chi connectivity index (χ2v) is 7.46. The Morgan fingerprint density at radius 3 is 2.35 bits per heavy atom. The molecule has 1 atom stereocenters. The smallest absolute Gasteiger partial charge is 0.321 e. The molecule has 0 spiro atoms. The summed E-state index contributed by atoms with van der Waals surface area (Å²) in [5, 5.41) is 5.11. The van der Waals surface area contributed by atoms with Crippen LogP contribution in [0.3, 0.4) is 0 Å². The fraction of sp³-hybridized carbons (Fsp3) is 0.875. The lowest BCUT2D eigenvalue weighted by Crippen LogP contribution is -2.53. The van der Waals surface area contributed by atoms with Crippen LogP contribution >= 0.6 is 0 Å². The maximum absolute atomic E-state index is 11.9. The Labute approximate surface area is 138 Å². The molecule has 2 heterocycles. The number of carbonyl (C=O) groups excluding carboxylic acids is 2. The van der Waals surface area contributed by atoms with Gasteiger partial charge in [0.15, 0.2) is 0 Å². The average Bonchev–Trinajstić information content (AvgIpc) is 2.91. The maximum Gasteiger partial charge on any atom is 0.321 e. The third kappa shape index (κ3) is 6.85. The number of hydrogen-bond acceptors (Lipinski definition) is 5. The molecule has 132 valence electrons. The minimum atomic E-state index is -0.431. The van der Waals surface area contributed by atoms with Crippen LogP contribution in [-0.4, -0.2) is 79.3 Å². The summed E-state index contributed by atoms with van der Waals surface area (Å²) in [6.07, 6.45) is 2.71. The number of nitrogens with one attached hydrogen (secondary N) is 2. The highest BCUT2D eigenvalue weighted by molar-refractivity contribution is 5.95. The summed E-state index contributed by atoms with van der Waals surface area (Å²) in [6.45, 7) is 11.4. The molecule has 0 bridgehead atoms. The van der Waals surface area contributed by atoms with E-state index in [0.717, 1.165) is 45.8 Å². The highest BCUT2D eigenvalue weighted by Crippen LogP contribution is 2.14. The molecule has 2 aliphatic heterocycles. The number of urea groups is 1. The summed E-state index contributed by atoms with van der Waals surface area (Å²) in [7, 11) is 0. The molecule has 0 aliphatic carbocycles. The Morgan fingerprint density at radius 2 is 1.78 bits per heavy atom. The van der Waals surface area contributed by atoms with Gasteiger partial charge in [-0.25, -0.2) is 4.79 Å². The van der Waals surface area contributed by atoms with Crippen molar-refractivity contribution in [1.82, 2.24) is 20.4 Å². The van der Waals surface area contributed by atoms with Crippen LogP contribution in [0.5, 0.6) is 0 Å². The summed E-state index contributed by atoms with van der Waals surface area (Å²) >= 11 is 0. The van der Waals surface area contributed by atoms with E-state index < -0.39 is 6.03 Å². The van der Waals surface area contributed by atoms with Crippen LogP contribution in [0.4, 0.5) is 4.79 Å². The van der Waals surface area contributed by atoms with Gasteiger partial charge in [0.2, 0.25) is 5.91 Å². The third-order valence-corrected chi connectivity index (χ3v) is 4.06. The zero-order chi connectivity index (χ0) is 16.9. The summed E-state index contributed by atoms with van der Waals surface area (Å²) in [5.74, 6) is -0.251. The second-order valence-electron chi connectivity index (χ2n) is 7.46. The maximum atomic E-state index is 11.9. The molecule has 2 saturated heterocycles. The number of amides is 3. The Kier molecular flexibility index (Phi) is 6.38. The second kappa shape index (κ2) is 8.08. The highest BCUT2D eigenvalue weighted by atomic mass is 16.5. The van der Waals surface area contributed by atoms with Gasteiger partial charge in [0, 0.05) is 44.9 Å². The van der Waals surface area contributed by atoms with Crippen molar-refractivity contribution in [3.63, 3.8) is 0 Å². The molecule has 0 radical (unpaired) electrons. The van der Waals surface area contributed by atoms with Crippen LogP contribution in [0, 0.1) is 0 Å². The van der Waals surface area contributed by atoms with Crippen molar-refractivity contribution >= 4 is 11.9 Å². The lowest BCUT2D eigenvalue weighted by Gasteiger charge is -2.35. The molecule has 2 fully saturated rings. The predicted octanol–water partition coefficient (Wildman–Crippen LogP) is 0.407. The molecule has 2 aliphatic rings. The first-order chi connectivity index (χ1) is 10.8. The normalized spacial score (nSPS) is 23.7. The van der Waals surface area contributed by atoms with Gasteiger partial charge >= 0.3 is 6.03 Å². The van der Waals surface area contributed by atoms with Gasteiger partial charge in [-0.05, 0) is 33.6 Å². The average molecular weight is 326 g/mol. The quantitative estimate of drug-likeness (QED) is 0.783. The first kappa shape index (κ1) is 18.2. The molecule has 1 unspecified atom stereocenters. The molecular weight excluding hydrogens is 296 g/mol. The van der Waals surface area contributed by atoms with E-state index in [0.29, 0.717) is 6.10 Å². The van der Waals surface area contributed by atoms with E-state index in [1.54, 1.807) is 0 Å². The molecule has 3 amide bonds. The van der Waals surface area contributed by atoms with Crippen molar-refractivity contribution in [2.45, 2.75) is 45.3 Å². The number of nitrogens with zero attached hydrogens (tertiary/aromatic N) is 2. The van der Waals surface area contributed by atoms with Gasteiger partial charge in [-0.2, -0.15) is 0 Å². The van der Waals surface area contributed by atoms with Gasteiger partial charge in [-0.3, -0.25) is 19.9 Å². The van der Waals surface area contributed by atoms with Crippen molar-refractivity contribution in [2.75, 3.05) is 45.9 Å². The number of piperazine rings is 1. The minimum absolute atomic E-state index is 0.251. The molecule has 0 saturated carbocycles. The summed E-state index contributed by atoms with van der Waals surface area (Å²) in [5.41, 5.74) is -0.349. The summed E-state index contributed by atoms with van der Waals surface area (Å²) in [4.78, 5) is 28.1. The van der Waals surface area contributed by atoms with Crippen LogP contribution in [0.2, 0.25) is 0 Å². The standard InChI is InChI=1S/C16H30N4O3/c1-16(2,3)18-15(22)17-14(21)12-20-8-6-19(7-9-20)11-13-5-4-10-23-13/h13H,4-12H2,1-3H3,(H2,17,18,21,22). The zero-order valence-electron chi connectivity index (χ0n) is 14.6. The van der Waals surface area contributed by atoms with Crippen LogP contribution in [0.25, 0.3) is 0 Å². The van der Waals surface area contributed by atoms with E-state index in [1.807, 2.05) is 20.8 Å². The van der Waals surface area contributed by atoms with Gasteiger partial charge < -0.3 is 10.1 Å². The number of hydrogen-bond donors (Lipinski definition) is 2. The van der Waals surface area contributed by atoms with Crippen molar-refractivity contribution in [3.05, 3.63) is 0 Å². The number of rotatable bonds is 4. The van der Waals surface area contributed by atoms with Gasteiger partial charge in [0.05, 0.1) is 12.6 Å². The van der Waals surface area contributed by atoms with E-state index in [4.69, 9.17) is 4.74 Å². The number of carbonyl (C=O) groups is 2. The number of ether oxygens (including phenoxy) is 1. The predicted molar refractivity (Wildman–Crippen MR) is 88.3 cm³/mol. The molecular formula is C16H30N4O3. The fourth-order valence-electron chi connectivity index (χ4n) is 2.95. The molecule has 2 N–H and O–H groups in total. The Morgan fingerprint density at radius 1 is 1.13 bits per heavy atom. The lowest BCUT2D eigenvalue weighted by atomic mass is 10.1. The summed E-state index contributed by atoms with van der Waals surface area (Å²) in [6, 6.07) is -0.431. The van der Waals surface area contributed by atoms with E-state index in [2.05, 4.69) is 20.4 Å². The Bertz CT molecular complexity index is 408. The first-order valence-electron chi connectivity index (χ1n) is 8.50. The molecule has 23 heavy (non-hydrogen) atoms. The van der Waals surface area contributed by atoms with E-state index >= 15 is 0 Å². The Hall–Kier alpha value is -1.18. The minimum Gasteiger partial charge on any atom is -0.377 e. The van der Waals surface area contributed by atoms with Crippen LogP contribution in [-0.2, 0) is 9.53 Å². The highest BCUT2D eigenvalue weighted by Gasteiger charge is 2.24. The van der Waals surface area contributed by atoms with E-state index in [9.17, 15) is 9.59 Å². The SMILES string of the molecule is CC(C)(C)NC(=O)NC(=O)CN1CCN(CC2CCCO2)CC1. The van der Waals surface area contributed by atoms with Crippen molar-refractivity contribution in [2.24, 2.45) is 0 Å². The Balaban J connectivity index is 1.63. The molecule has 7 heteroatoms. The van der Waals surface area contributed by atoms with Crippen LogP contribution < -0.4 is 10.6 Å². The van der Waals surface area contributed by atoms with E-state index in [-0.39, 0.29) is 18.0 Å². The van der Waals surface area contributed by atoms with E-state index in [1.165, 1.54) is 6.42 Å². The van der Waals surface area contributed by atoms with Crippen LogP contribution in [0.1, 0.15) is 33.6 Å². The van der Waals surface area contributed by atoms with Gasteiger partial charge in [-0.1, -0.05) is 0 Å². The zero-order valence-corrected chi connectivity index (χ0v) is 14.6. The third-order valence-electron chi connectivity index (χ3n) is 4.06. The number of imide groups is 1. The molecule has 2 rings (SSSR count). The monoisotopic (exact) mass is 326 g/mol. The van der Waals surface area contributed by atoms with Crippen molar-refractivity contribution in [3.8, 4) is 0 Å². The van der Waals surface area contributed by atoms with Crippen molar-refractivity contribution in [1.29, 1.82) is 0 Å². The topological polar surface area (TPSA) is 73.9 Å². The molecule has 0 aromatic rings. The first-order valence-corrected chi connectivity index (χ1v) is 8.50. The van der Waals surface area contributed by atoms with Gasteiger partial charge in [0.1, 0.15) is 0 Å². The van der Waals surface area contributed by atoms with Crippen LogP contribution in [0.15, 0.2) is 0 Å². The molecule has 7 nitrogen and oxygen atoms in total. The van der Waals surface area contributed by atoms with Crippen molar-refractivity contribution < 1.29 is 14.3 Å². The fourth-order valence-corrected chi connectivity index (χ4v) is 2.95. The summed E-state index contributed by atoms with van der Waals surface area (Å²) < 4.78 is 5.67. The lowest BCUT2D eigenvalue weighted by molar-refractivity contribution is -0.121. The molecule has 0 aromatic heterocycles. The largest absolute Gasteiger partial charge is 0.377 e.